The van der Waals surface area contributed by atoms with E-state index in [1.807, 2.05) is 11.0 Å². The maximum Gasteiger partial charge on any atom is 0.258 e. The summed E-state index contributed by atoms with van der Waals surface area (Å²) >= 11 is 0. The van der Waals surface area contributed by atoms with Crippen LogP contribution in [0.25, 0.3) is 0 Å². The van der Waals surface area contributed by atoms with Crippen LogP contribution >= 0.6 is 0 Å². The summed E-state index contributed by atoms with van der Waals surface area (Å²) in [4.78, 5) is 25.9. The standard InChI is InChI=1S/C16H21N3O3/c17-15(20)10-22-14-4-2-1-3-13(14)16(21)19-11-5-6-12(19)9-18-8-7-11/h1-4,11-12,18H,5-10H2,(H2,17,20). The van der Waals surface area contributed by atoms with Gasteiger partial charge in [0.15, 0.2) is 6.61 Å². The van der Waals surface area contributed by atoms with Crippen molar-refractivity contribution in [3.05, 3.63) is 29.8 Å². The molecule has 0 spiro atoms. The zero-order chi connectivity index (χ0) is 15.5. The van der Waals surface area contributed by atoms with E-state index in [-0.39, 0.29) is 24.6 Å². The third-order valence-corrected chi connectivity index (χ3v) is 4.38. The zero-order valence-electron chi connectivity index (χ0n) is 12.5. The smallest absolute Gasteiger partial charge is 0.258 e. The molecule has 1 aromatic carbocycles. The second-order valence-electron chi connectivity index (χ2n) is 5.84. The lowest BCUT2D eigenvalue weighted by molar-refractivity contribution is -0.119. The molecule has 0 aliphatic carbocycles. The summed E-state index contributed by atoms with van der Waals surface area (Å²) in [6, 6.07) is 7.57. The molecular weight excluding hydrogens is 282 g/mol. The number of hydrogen-bond acceptors (Lipinski definition) is 4. The first kappa shape index (κ1) is 14.8. The Morgan fingerprint density at radius 3 is 2.82 bits per heavy atom. The van der Waals surface area contributed by atoms with Crippen molar-refractivity contribution >= 4 is 11.8 Å². The van der Waals surface area contributed by atoms with Gasteiger partial charge in [0.2, 0.25) is 0 Å². The highest BCUT2D eigenvalue weighted by atomic mass is 16.5. The predicted octanol–water partition coefficient (Wildman–Crippen LogP) is 0.517. The Morgan fingerprint density at radius 2 is 2.00 bits per heavy atom. The Kier molecular flexibility index (Phi) is 4.29. The molecule has 2 bridgehead atoms. The van der Waals surface area contributed by atoms with E-state index in [1.54, 1.807) is 18.2 Å². The van der Waals surface area contributed by atoms with Crippen LogP contribution < -0.4 is 15.8 Å². The molecule has 22 heavy (non-hydrogen) atoms. The molecule has 2 heterocycles. The van der Waals surface area contributed by atoms with E-state index < -0.39 is 5.91 Å². The number of para-hydroxylation sites is 1. The predicted molar refractivity (Wildman–Crippen MR) is 81.6 cm³/mol. The molecule has 3 N–H and O–H groups in total. The van der Waals surface area contributed by atoms with Crippen LogP contribution in [0, 0.1) is 0 Å². The summed E-state index contributed by atoms with van der Waals surface area (Å²) in [6.45, 7) is 1.57. The minimum atomic E-state index is -0.554. The average Bonchev–Trinajstić information content (AvgIpc) is 2.78. The molecule has 2 aliphatic heterocycles. The van der Waals surface area contributed by atoms with Crippen molar-refractivity contribution < 1.29 is 14.3 Å². The Hall–Kier alpha value is -2.08. The van der Waals surface area contributed by atoms with Gasteiger partial charge in [-0.05, 0) is 37.9 Å². The van der Waals surface area contributed by atoms with Crippen LogP contribution in [0.3, 0.4) is 0 Å². The monoisotopic (exact) mass is 303 g/mol. The second-order valence-corrected chi connectivity index (χ2v) is 5.84. The SMILES string of the molecule is NC(=O)COc1ccccc1C(=O)N1C2CCNCC1CC2. The van der Waals surface area contributed by atoms with Crippen molar-refractivity contribution in [3.63, 3.8) is 0 Å². The molecule has 0 aromatic heterocycles. The number of hydrogen-bond donors (Lipinski definition) is 2. The quantitative estimate of drug-likeness (QED) is 0.849. The highest BCUT2D eigenvalue weighted by Gasteiger charge is 2.39. The molecule has 2 atom stereocenters. The largest absolute Gasteiger partial charge is 0.483 e. The molecule has 2 saturated heterocycles. The van der Waals surface area contributed by atoms with E-state index in [1.165, 1.54) is 0 Å². The second kappa shape index (κ2) is 6.36. The maximum absolute atomic E-state index is 13.0. The molecule has 0 radical (unpaired) electrons. The van der Waals surface area contributed by atoms with E-state index in [0.29, 0.717) is 11.3 Å². The number of rotatable bonds is 4. The third-order valence-electron chi connectivity index (χ3n) is 4.38. The van der Waals surface area contributed by atoms with Crippen molar-refractivity contribution in [3.8, 4) is 5.75 Å². The van der Waals surface area contributed by atoms with Gasteiger partial charge in [-0.25, -0.2) is 0 Å². The van der Waals surface area contributed by atoms with Crippen molar-refractivity contribution in [2.45, 2.75) is 31.3 Å². The van der Waals surface area contributed by atoms with Gasteiger partial charge in [-0.15, -0.1) is 0 Å². The fourth-order valence-electron chi connectivity index (χ4n) is 3.37. The molecule has 2 aliphatic rings. The Bertz CT molecular complexity index is 562. The maximum atomic E-state index is 13.0. The van der Waals surface area contributed by atoms with Crippen LogP contribution in [-0.4, -0.2) is 48.5 Å². The number of benzene rings is 1. The molecular formula is C16H21N3O3. The van der Waals surface area contributed by atoms with Gasteiger partial charge < -0.3 is 20.7 Å². The first-order valence-electron chi connectivity index (χ1n) is 7.70. The first-order chi connectivity index (χ1) is 10.7. The summed E-state index contributed by atoms with van der Waals surface area (Å²) in [6.07, 6.45) is 3.07. The van der Waals surface area contributed by atoms with Crippen LogP contribution in [0.4, 0.5) is 0 Å². The normalized spacial score (nSPS) is 23.9. The van der Waals surface area contributed by atoms with Gasteiger partial charge in [0, 0.05) is 18.6 Å². The van der Waals surface area contributed by atoms with E-state index in [4.69, 9.17) is 10.5 Å². The van der Waals surface area contributed by atoms with Gasteiger partial charge in [0.05, 0.1) is 5.56 Å². The topological polar surface area (TPSA) is 84.7 Å². The number of nitrogens with zero attached hydrogens (tertiary/aromatic N) is 1. The van der Waals surface area contributed by atoms with E-state index in [0.717, 1.165) is 32.4 Å². The number of primary amides is 1. The van der Waals surface area contributed by atoms with Gasteiger partial charge in [-0.2, -0.15) is 0 Å². The molecule has 6 nitrogen and oxygen atoms in total. The number of amides is 2. The lowest BCUT2D eigenvalue weighted by Crippen LogP contribution is -2.42. The average molecular weight is 303 g/mol. The number of nitrogens with two attached hydrogens (primary N) is 1. The van der Waals surface area contributed by atoms with Gasteiger partial charge in [0.25, 0.3) is 11.8 Å². The summed E-state index contributed by atoms with van der Waals surface area (Å²) in [5.41, 5.74) is 5.62. The minimum absolute atomic E-state index is 0.0173. The van der Waals surface area contributed by atoms with Gasteiger partial charge >= 0.3 is 0 Å². The van der Waals surface area contributed by atoms with Crippen LogP contribution in [0.15, 0.2) is 24.3 Å². The van der Waals surface area contributed by atoms with Crippen molar-refractivity contribution in [2.24, 2.45) is 5.73 Å². The molecule has 6 heteroatoms. The van der Waals surface area contributed by atoms with E-state index >= 15 is 0 Å². The van der Waals surface area contributed by atoms with Crippen LogP contribution in [-0.2, 0) is 4.79 Å². The summed E-state index contributed by atoms with van der Waals surface area (Å²) < 4.78 is 5.40. The number of ether oxygens (including phenoxy) is 1. The van der Waals surface area contributed by atoms with E-state index in [9.17, 15) is 9.59 Å². The molecule has 0 saturated carbocycles. The minimum Gasteiger partial charge on any atom is -0.483 e. The molecule has 2 fully saturated rings. The van der Waals surface area contributed by atoms with Crippen LogP contribution in [0.5, 0.6) is 5.75 Å². The Balaban J connectivity index is 1.84. The number of carbonyl (C=O) groups is 2. The van der Waals surface area contributed by atoms with Crippen molar-refractivity contribution in [1.82, 2.24) is 10.2 Å². The molecule has 2 amide bonds. The highest BCUT2D eigenvalue weighted by Crippen LogP contribution is 2.31. The van der Waals surface area contributed by atoms with Crippen LogP contribution in [0.1, 0.15) is 29.6 Å². The summed E-state index contributed by atoms with van der Waals surface area (Å²) in [7, 11) is 0. The van der Waals surface area contributed by atoms with Crippen LogP contribution in [0.2, 0.25) is 0 Å². The lowest BCUT2D eigenvalue weighted by Gasteiger charge is -2.28. The Labute approximate surface area is 129 Å². The molecule has 1 aromatic rings. The zero-order valence-corrected chi connectivity index (χ0v) is 12.5. The summed E-state index contributed by atoms with van der Waals surface area (Å²) in [5, 5.41) is 3.38. The van der Waals surface area contributed by atoms with Gasteiger partial charge in [-0.1, -0.05) is 12.1 Å². The first-order valence-corrected chi connectivity index (χ1v) is 7.70. The van der Waals surface area contributed by atoms with Gasteiger partial charge in [-0.3, -0.25) is 9.59 Å². The van der Waals surface area contributed by atoms with Crippen molar-refractivity contribution in [2.75, 3.05) is 19.7 Å². The summed E-state index contributed by atoms with van der Waals surface area (Å²) in [5.74, 6) is -0.152. The molecule has 3 rings (SSSR count). The highest BCUT2D eigenvalue weighted by molar-refractivity contribution is 5.97. The molecule has 2 unspecified atom stereocenters. The lowest BCUT2D eigenvalue weighted by atomic mass is 10.1. The number of carbonyl (C=O) groups excluding carboxylic acids is 2. The Morgan fingerprint density at radius 1 is 1.23 bits per heavy atom. The van der Waals surface area contributed by atoms with Gasteiger partial charge in [0.1, 0.15) is 5.75 Å². The third kappa shape index (κ3) is 2.92. The fourth-order valence-corrected chi connectivity index (χ4v) is 3.37. The molecule has 118 valence electrons. The van der Waals surface area contributed by atoms with E-state index in [2.05, 4.69) is 5.32 Å². The van der Waals surface area contributed by atoms with Crippen molar-refractivity contribution in [1.29, 1.82) is 0 Å². The number of nitrogens with one attached hydrogen (secondary N) is 1. The number of fused-ring (bicyclic) bond motifs is 2. The fraction of sp³-hybridized carbons (Fsp3) is 0.500.